The van der Waals surface area contributed by atoms with E-state index in [9.17, 15) is 18.9 Å². The Morgan fingerprint density at radius 3 is 2.26 bits per heavy atom. The van der Waals surface area contributed by atoms with Crippen molar-refractivity contribution < 1.29 is 28.1 Å². The topological polar surface area (TPSA) is 85.7 Å². The van der Waals surface area contributed by atoms with Crippen molar-refractivity contribution in [3.63, 3.8) is 0 Å². The lowest BCUT2D eigenvalue weighted by molar-refractivity contribution is -0.138. The molecule has 0 spiro atoms. The predicted molar refractivity (Wildman–Crippen MR) is 146 cm³/mol. The molecule has 0 aliphatic rings. The van der Waals surface area contributed by atoms with E-state index in [1.165, 1.54) is 19.2 Å². The number of esters is 1. The maximum absolute atomic E-state index is 13.9. The molecular formula is C30H32FNO5P+. The highest BCUT2D eigenvalue weighted by atomic mass is 31.1. The summed E-state index contributed by atoms with van der Waals surface area (Å²) in [4.78, 5) is 17.3. The van der Waals surface area contributed by atoms with Gasteiger partial charge in [0.05, 0.1) is 30.5 Å². The second-order valence-corrected chi connectivity index (χ2v) is 10.8. The Bertz CT molecular complexity index is 1350. The first-order chi connectivity index (χ1) is 18.1. The molecule has 0 amide bonds. The van der Waals surface area contributed by atoms with Gasteiger partial charge in [-0.2, -0.15) is 0 Å². The molecule has 0 aliphatic heterocycles. The third-order valence-electron chi connectivity index (χ3n) is 5.87. The summed E-state index contributed by atoms with van der Waals surface area (Å²) in [5.74, 6) is 1.91. The van der Waals surface area contributed by atoms with Crippen LogP contribution in [0.25, 0.3) is 22.4 Å². The van der Waals surface area contributed by atoms with Gasteiger partial charge in [-0.25, -0.2) is 4.39 Å². The van der Waals surface area contributed by atoms with Crippen LogP contribution in [0.1, 0.15) is 62.8 Å². The molecule has 0 aliphatic carbocycles. The van der Waals surface area contributed by atoms with E-state index in [-0.39, 0.29) is 30.2 Å². The number of ether oxygens (including phenoxy) is 1. The van der Waals surface area contributed by atoms with Gasteiger partial charge in [-0.15, -0.1) is 4.52 Å². The number of carbonyl (C=O) groups is 1. The summed E-state index contributed by atoms with van der Waals surface area (Å²) < 4.78 is 35.1. The summed E-state index contributed by atoms with van der Waals surface area (Å²) in [6, 6.07) is 16.1. The summed E-state index contributed by atoms with van der Waals surface area (Å²) in [5.41, 5.74) is 5.60. The van der Waals surface area contributed by atoms with Crippen LogP contribution in [0.5, 0.6) is 0 Å². The Balaban J connectivity index is 2.16. The largest absolute Gasteiger partial charge is 0.510 e. The summed E-state index contributed by atoms with van der Waals surface area (Å²) >= 11 is 0. The van der Waals surface area contributed by atoms with E-state index in [2.05, 4.69) is 30.4 Å². The number of nitrogens with zero attached hydrogens (tertiary/aromatic N) is 1. The highest BCUT2D eigenvalue weighted by Gasteiger charge is 2.26. The molecule has 0 bridgehead atoms. The van der Waals surface area contributed by atoms with Crippen LogP contribution < -0.4 is 0 Å². The first kappa shape index (κ1) is 29.1. The van der Waals surface area contributed by atoms with E-state index in [1.54, 1.807) is 12.1 Å². The van der Waals surface area contributed by atoms with Crippen LogP contribution >= 0.6 is 8.03 Å². The van der Waals surface area contributed by atoms with Crippen molar-refractivity contribution in [2.45, 2.75) is 52.1 Å². The molecule has 2 aromatic carbocycles. The van der Waals surface area contributed by atoms with Crippen LogP contribution in [0, 0.1) is 17.8 Å². The molecule has 3 aromatic rings. The van der Waals surface area contributed by atoms with E-state index in [4.69, 9.17) is 9.72 Å². The van der Waals surface area contributed by atoms with Gasteiger partial charge in [0.1, 0.15) is 18.0 Å². The zero-order valence-corrected chi connectivity index (χ0v) is 23.1. The van der Waals surface area contributed by atoms with Gasteiger partial charge in [-0.05, 0) is 45.6 Å². The molecule has 3 rings (SSSR count). The molecule has 1 N–H and O–H groups in total. The van der Waals surface area contributed by atoms with Gasteiger partial charge in [0.15, 0.2) is 0 Å². The van der Waals surface area contributed by atoms with Gasteiger partial charge in [0, 0.05) is 11.1 Å². The Hall–Kier alpha value is -3.43. The summed E-state index contributed by atoms with van der Waals surface area (Å²) in [7, 11) is -0.786. The molecule has 1 aromatic heterocycles. The van der Waals surface area contributed by atoms with Gasteiger partial charge in [-0.1, -0.05) is 70.2 Å². The Morgan fingerprint density at radius 2 is 1.68 bits per heavy atom. The zero-order valence-electron chi connectivity index (χ0n) is 22.2. The Labute approximate surface area is 224 Å². The average molecular weight is 537 g/mol. The minimum atomic E-state index is -2.05. The lowest BCUT2D eigenvalue weighted by atomic mass is 9.84. The number of aliphatic hydroxyl groups excluding tert-OH is 1. The highest BCUT2D eigenvalue weighted by Crippen LogP contribution is 2.41. The zero-order chi connectivity index (χ0) is 27.8. The number of hydrogen-bond acceptors (Lipinski definition) is 6. The predicted octanol–water partition coefficient (Wildman–Crippen LogP) is 6.79. The second kappa shape index (κ2) is 13.4. The summed E-state index contributed by atoms with van der Waals surface area (Å²) in [6.07, 6.45) is 0.766. The lowest BCUT2D eigenvalue weighted by Crippen LogP contribution is -2.17. The van der Waals surface area contributed by atoms with Gasteiger partial charge in [0.2, 0.25) is 6.16 Å². The molecule has 6 nitrogen and oxygen atoms in total. The number of hydrogen-bond donors (Lipinski definition) is 1. The van der Waals surface area contributed by atoms with Crippen molar-refractivity contribution in [2.24, 2.45) is 0 Å². The molecule has 2 atom stereocenters. The minimum Gasteiger partial charge on any atom is -0.388 e. The third-order valence-corrected chi connectivity index (χ3v) is 7.00. The summed E-state index contributed by atoms with van der Waals surface area (Å²) in [5, 5.41) is 9.95. The van der Waals surface area contributed by atoms with E-state index in [0.717, 1.165) is 27.9 Å². The number of aliphatic hydroxyl groups is 1. The standard InChI is InChI=1S/C30H32FNO5P/c1-19(2)27-28(21-11-13-23(31)14-12-21)25(15-16-37-26(34)17-24(33)18-38(35)36-5)29(20(3)4)32-30(27)22-9-7-6-8-10-22/h6-14,19-20,24,33H,17-18H2,1-5H3/q+1. The summed E-state index contributed by atoms with van der Waals surface area (Å²) in [6.45, 7) is 8.14. The Kier molecular flexibility index (Phi) is 10.3. The van der Waals surface area contributed by atoms with E-state index >= 15 is 0 Å². The molecule has 2 unspecified atom stereocenters. The van der Waals surface area contributed by atoms with Crippen molar-refractivity contribution >= 4 is 14.0 Å². The van der Waals surface area contributed by atoms with E-state index in [1.807, 2.05) is 44.2 Å². The third kappa shape index (κ3) is 7.33. The van der Waals surface area contributed by atoms with E-state index < -0.39 is 20.1 Å². The number of rotatable bonds is 9. The smallest absolute Gasteiger partial charge is 0.388 e. The lowest BCUT2D eigenvalue weighted by Gasteiger charge is -2.23. The maximum Gasteiger partial charge on any atom is 0.510 e. The SMILES string of the molecule is CO[P+](=O)CC(O)CC(=O)OC#Cc1c(C(C)C)nc(-c2ccccc2)c(C(C)C)c1-c1ccc(F)cc1. The molecular weight excluding hydrogens is 504 g/mol. The molecule has 0 fully saturated rings. The fourth-order valence-electron chi connectivity index (χ4n) is 4.14. The van der Waals surface area contributed by atoms with Crippen LogP contribution in [-0.4, -0.2) is 35.4 Å². The molecule has 1 heterocycles. The van der Waals surface area contributed by atoms with Crippen molar-refractivity contribution in [1.82, 2.24) is 4.98 Å². The second-order valence-electron chi connectivity index (χ2n) is 9.45. The van der Waals surface area contributed by atoms with Gasteiger partial charge in [-0.3, -0.25) is 9.78 Å². The van der Waals surface area contributed by atoms with Crippen molar-refractivity contribution in [3.8, 4) is 34.4 Å². The van der Waals surface area contributed by atoms with E-state index in [0.29, 0.717) is 11.3 Å². The molecule has 0 saturated heterocycles. The molecule has 0 radical (unpaired) electrons. The fraction of sp³-hybridized carbons (Fsp3) is 0.333. The van der Waals surface area contributed by atoms with Crippen molar-refractivity contribution in [2.75, 3.05) is 13.3 Å². The molecule has 0 saturated carbocycles. The van der Waals surface area contributed by atoms with Crippen LogP contribution in [0.3, 0.4) is 0 Å². The first-order valence-corrected chi connectivity index (χ1v) is 13.7. The van der Waals surface area contributed by atoms with Gasteiger partial charge < -0.3 is 9.84 Å². The number of benzene rings is 2. The number of pyridine rings is 1. The maximum atomic E-state index is 13.9. The fourth-order valence-corrected chi connectivity index (χ4v) is 4.76. The van der Waals surface area contributed by atoms with Crippen LogP contribution in [0.2, 0.25) is 0 Å². The van der Waals surface area contributed by atoms with Crippen LogP contribution in [-0.2, 0) is 18.6 Å². The quantitative estimate of drug-likeness (QED) is 0.184. The molecule has 38 heavy (non-hydrogen) atoms. The highest BCUT2D eigenvalue weighted by molar-refractivity contribution is 7.39. The van der Waals surface area contributed by atoms with Crippen LogP contribution in [0.4, 0.5) is 4.39 Å². The van der Waals surface area contributed by atoms with Gasteiger partial charge >= 0.3 is 14.0 Å². The van der Waals surface area contributed by atoms with Crippen molar-refractivity contribution in [1.29, 1.82) is 0 Å². The number of aromatic nitrogens is 1. The van der Waals surface area contributed by atoms with Gasteiger partial charge in [0.25, 0.3) is 0 Å². The van der Waals surface area contributed by atoms with Crippen LogP contribution in [0.15, 0.2) is 54.6 Å². The monoisotopic (exact) mass is 536 g/mol. The normalized spacial score (nSPS) is 12.2. The molecule has 8 heteroatoms. The average Bonchev–Trinajstić information content (AvgIpc) is 2.88. The Morgan fingerprint density at radius 1 is 1.03 bits per heavy atom. The number of carbonyl (C=O) groups excluding carboxylic acids is 1. The van der Waals surface area contributed by atoms with Crippen molar-refractivity contribution in [3.05, 3.63) is 77.2 Å². The number of halogens is 1. The molecule has 198 valence electrons. The minimum absolute atomic E-state index is 0.0231. The first-order valence-electron chi connectivity index (χ1n) is 12.4.